The van der Waals surface area contributed by atoms with E-state index in [0.29, 0.717) is 40.6 Å². The lowest BCUT2D eigenvalue weighted by atomic mass is 10.0. The van der Waals surface area contributed by atoms with E-state index in [1.165, 1.54) is 12.1 Å². The maximum absolute atomic E-state index is 14.6. The number of nitrogens with one attached hydrogen (secondary N) is 2. The maximum atomic E-state index is 14.6. The van der Waals surface area contributed by atoms with Gasteiger partial charge in [-0.2, -0.15) is 16.9 Å². The number of amides is 3. The van der Waals surface area contributed by atoms with Crippen LogP contribution in [0.25, 0.3) is 10.8 Å². The number of halogens is 1. The van der Waals surface area contributed by atoms with Crippen LogP contribution in [-0.2, 0) is 11.2 Å². The van der Waals surface area contributed by atoms with E-state index in [1.807, 2.05) is 12.3 Å². The van der Waals surface area contributed by atoms with Gasteiger partial charge in [0.2, 0.25) is 0 Å². The van der Waals surface area contributed by atoms with Crippen molar-refractivity contribution in [1.29, 1.82) is 0 Å². The fourth-order valence-corrected chi connectivity index (χ4v) is 4.00. The van der Waals surface area contributed by atoms with Crippen molar-refractivity contribution in [1.82, 2.24) is 15.5 Å². The highest BCUT2D eigenvalue weighted by Gasteiger charge is 2.39. The largest absolute Gasteiger partial charge is 0.329 e. The number of imide groups is 1. The highest BCUT2D eigenvalue weighted by molar-refractivity contribution is 7.98. The molecule has 0 saturated carbocycles. The third-order valence-corrected chi connectivity index (χ3v) is 5.67. The number of aromatic amines is 1. The number of rotatable bonds is 6. The Morgan fingerprint density at radius 2 is 1.90 bits per heavy atom. The van der Waals surface area contributed by atoms with E-state index in [4.69, 9.17) is 0 Å². The Morgan fingerprint density at radius 1 is 1.13 bits per heavy atom. The van der Waals surface area contributed by atoms with Crippen molar-refractivity contribution < 1.29 is 14.0 Å². The number of carbonyl (C=O) groups excluding carboxylic acids is 2. The van der Waals surface area contributed by atoms with E-state index in [-0.39, 0.29) is 11.2 Å². The smallest absolute Gasteiger partial charge is 0.325 e. The normalized spacial score (nSPS) is 16.3. The first-order valence-corrected chi connectivity index (χ1v) is 10.8. The van der Waals surface area contributed by atoms with Crippen LogP contribution < -0.4 is 15.8 Å². The summed E-state index contributed by atoms with van der Waals surface area (Å²) in [5.74, 6) is -0.414. The van der Waals surface area contributed by atoms with Crippen LogP contribution >= 0.6 is 11.8 Å². The second-order valence-electron chi connectivity index (χ2n) is 6.96. The highest BCUT2D eigenvalue weighted by Crippen LogP contribution is 2.27. The van der Waals surface area contributed by atoms with Crippen LogP contribution in [0, 0.1) is 5.82 Å². The molecule has 30 heavy (non-hydrogen) atoms. The van der Waals surface area contributed by atoms with Gasteiger partial charge in [0.15, 0.2) is 0 Å². The lowest BCUT2D eigenvalue weighted by Crippen LogP contribution is -2.32. The molecule has 2 aromatic carbocycles. The molecule has 1 atom stereocenters. The van der Waals surface area contributed by atoms with Crippen LogP contribution in [0.5, 0.6) is 0 Å². The molecule has 0 bridgehead atoms. The fraction of sp³-hybridized carbons (Fsp3) is 0.238. The third kappa shape index (κ3) is 3.68. The van der Waals surface area contributed by atoms with Gasteiger partial charge >= 0.3 is 6.03 Å². The first kappa shape index (κ1) is 20.1. The summed E-state index contributed by atoms with van der Waals surface area (Å²) in [6.07, 6.45) is 2.69. The van der Waals surface area contributed by atoms with E-state index in [0.717, 1.165) is 4.90 Å². The standard InChI is InChI=1S/C21H19FN4O3S/c1-30-9-8-16-20(28)26(21(29)23-16)18-11-12(6-7-15(18)22)10-17-13-4-2-3-5-14(13)19(27)25-24-17/h2-7,11,16H,8-10H2,1H3,(H,23,29)(H,25,27). The van der Waals surface area contributed by atoms with Crippen LogP contribution in [0.3, 0.4) is 0 Å². The quantitative estimate of drug-likeness (QED) is 0.591. The molecule has 1 aliphatic rings. The Hall–Kier alpha value is -3.20. The van der Waals surface area contributed by atoms with Crippen molar-refractivity contribution in [3.63, 3.8) is 0 Å². The maximum Gasteiger partial charge on any atom is 0.329 e. The second kappa shape index (κ2) is 8.27. The van der Waals surface area contributed by atoms with Crippen molar-refractivity contribution in [3.8, 4) is 0 Å². The van der Waals surface area contributed by atoms with Gasteiger partial charge in [-0.1, -0.05) is 24.3 Å². The van der Waals surface area contributed by atoms with Crippen LogP contribution in [-0.4, -0.2) is 40.2 Å². The number of H-pyrrole nitrogens is 1. The first-order chi connectivity index (χ1) is 14.5. The monoisotopic (exact) mass is 426 g/mol. The minimum Gasteiger partial charge on any atom is -0.325 e. The summed E-state index contributed by atoms with van der Waals surface area (Å²) >= 11 is 1.57. The number of hydrogen-bond donors (Lipinski definition) is 2. The average Bonchev–Trinajstić information content (AvgIpc) is 3.03. The van der Waals surface area contributed by atoms with Crippen LogP contribution in [0.4, 0.5) is 14.9 Å². The first-order valence-electron chi connectivity index (χ1n) is 9.37. The molecule has 4 rings (SSSR count). The molecule has 3 aromatic rings. The number of benzene rings is 2. The zero-order chi connectivity index (χ0) is 21.3. The predicted molar refractivity (Wildman–Crippen MR) is 114 cm³/mol. The van der Waals surface area contributed by atoms with Gasteiger partial charge in [-0.05, 0) is 42.2 Å². The minimum absolute atomic E-state index is 0.0876. The van der Waals surface area contributed by atoms with Gasteiger partial charge in [-0.25, -0.2) is 19.2 Å². The number of thioether (sulfide) groups is 1. The van der Waals surface area contributed by atoms with E-state index >= 15 is 0 Å². The number of nitrogens with zero attached hydrogens (tertiary/aromatic N) is 2. The minimum atomic E-state index is -0.660. The van der Waals surface area contributed by atoms with E-state index < -0.39 is 23.8 Å². The topological polar surface area (TPSA) is 95.2 Å². The number of anilines is 1. The van der Waals surface area contributed by atoms with Gasteiger partial charge in [-0.3, -0.25) is 9.59 Å². The number of fused-ring (bicyclic) bond motifs is 1. The predicted octanol–water partition coefficient (Wildman–Crippen LogP) is 2.83. The molecule has 2 N–H and O–H groups in total. The van der Waals surface area contributed by atoms with Crippen molar-refractivity contribution in [2.75, 3.05) is 16.9 Å². The average molecular weight is 426 g/mol. The molecule has 7 nitrogen and oxygen atoms in total. The van der Waals surface area contributed by atoms with E-state index in [9.17, 15) is 18.8 Å². The molecule has 1 unspecified atom stereocenters. The summed E-state index contributed by atoms with van der Waals surface area (Å²) in [4.78, 5) is 37.9. The van der Waals surface area contributed by atoms with Crippen molar-refractivity contribution >= 4 is 40.2 Å². The van der Waals surface area contributed by atoms with Gasteiger partial charge in [0.25, 0.3) is 11.5 Å². The Bertz CT molecular complexity index is 1200. The molecular weight excluding hydrogens is 407 g/mol. The SMILES string of the molecule is CSCCC1NC(=O)N(c2cc(Cc3n[nH]c(=O)c4ccccc34)ccc2F)C1=O. The number of hydrogen-bond acceptors (Lipinski definition) is 5. The summed E-state index contributed by atoms with van der Waals surface area (Å²) in [6.45, 7) is 0. The molecule has 0 spiro atoms. The molecule has 0 aliphatic carbocycles. The summed E-state index contributed by atoms with van der Waals surface area (Å²) in [6, 6.07) is 10.1. The van der Waals surface area contributed by atoms with Gasteiger partial charge < -0.3 is 5.32 Å². The van der Waals surface area contributed by atoms with E-state index in [1.54, 1.807) is 36.0 Å². The Balaban J connectivity index is 1.67. The Kier molecular flexibility index (Phi) is 5.54. The van der Waals surface area contributed by atoms with Gasteiger partial charge in [0, 0.05) is 11.8 Å². The summed E-state index contributed by atoms with van der Waals surface area (Å²) < 4.78 is 14.6. The van der Waals surface area contributed by atoms with Crippen molar-refractivity contribution in [2.24, 2.45) is 0 Å². The summed E-state index contributed by atoms with van der Waals surface area (Å²) in [7, 11) is 0. The summed E-state index contributed by atoms with van der Waals surface area (Å²) in [5.41, 5.74) is 0.891. The van der Waals surface area contributed by atoms with Gasteiger partial charge in [-0.15, -0.1) is 0 Å². The molecule has 1 fully saturated rings. The zero-order valence-corrected chi connectivity index (χ0v) is 17.0. The molecule has 1 aromatic heterocycles. The molecule has 3 amide bonds. The van der Waals surface area contributed by atoms with Crippen LogP contribution in [0.1, 0.15) is 17.7 Å². The number of urea groups is 1. The molecular formula is C21H19FN4O3S. The van der Waals surface area contributed by atoms with E-state index in [2.05, 4.69) is 15.5 Å². The molecule has 2 heterocycles. The van der Waals surface area contributed by atoms with Crippen LogP contribution in [0.2, 0.25) is 0 Å². The lowest BCUT2D eigenvalue weighted by molar-refractivity contribution is -0.118. The highest BCUT2D eigenvalue weighted by atomic mass is 32.2. The third-order valence-electron chi connectivity index (χ3n) is 5.03. The number of carbonyl (C=O) groups is 2. The Labute approximate surface area is 175 Å². The fourth-order valence-electron chi connectivity index (χ4n) is 3.53. The van der Waals surface area contributed by atoms with Gasteiger partial charge in [0.1, 0.15) is 11.9 Å². The number of aromatic nitrogens is 2. The lowest BCUT2D eigenvalue weighted by Gasteiger charge is -2.15. The van der Waals surface area contributed by atoms with Gasteiger partial charge in [0.05, 0.1) is 16.8 Å². The molecule has 0 radical (unpaired) electrons. The molecule has 154 valence electrons. The zero-order valence-electron chi connectivity index (χ0n) is 16.1. The molecule has 1 saturated heterocycles. The molecule has 9 heteroatoms. The summed E-state index contributed by atoms with van der Waals surface area (Å²) in [5, 5.41) is 10.4. The second-order valence-corrected chi connectivity index (χ2v) is 7.95. The van der Waals surface area contributed by atoms with Crippen molar-refractivity contribution in [3.05, 3.63) is 69.9 Å². The van der Waals surface area contributed by atoms with Crippen LogP contribution in [0.15, 0.2) is 47.3 Å². The van der Waals surface area contributed by atoms with Crippen molar-refractivity contribution in [2.45, 2.75) is 18.9 Å². The Morgan fingerprint density at radius 3 is 2.67 bits per heavy atom. The molecule has 1 aliphatic heterocycles.